The average Bonchev–Trinajstić information content (AvgIpc) is 3.05. The molecule has 0 radical (unpaired) electrons. The second kappa shape index (κ2) is 14.6. The molecule has 232 valence electrons. The molecule has 0 bridgehead atoms. The zero-order valence-corrected chi connectivity index (χ0v) is 24.7. The molecule has 0 heterocycles. The number of carbonyl (C=O) groups excluding carboxylic acids is 2. The molecule has 0 saturated carbocycles. The molecule has 2 amide bonds. The number of benzene rings is 4. The van der Waals surface area contributed by atoms with Crippen molar-refractivity contribution in [1.29, 1.82) is 0 Å². The first-order valence-electron chi connectivity index (χ1n) is 14.0. The number of amides is 2. The first-order chi connectivity index (χ1) is 21.5. The molecule has 0 atom stereocenters. The summed E-state index contributed by atoms with van der Waals surface area (Å²) in [5.41, 5.74) is 3.15. The number of carbonyl (C=O) groups is 2. The molecule has 4 aromatic carbocycles. The van der Waals surface area contributed by atoms with E-state index in [0.717, 1.165) is 22.3 Å². The Morgan fingerprint density at radius 2 is 0.933 bits per heavy atom. The highest BCUT2D eigenvalue weighted by molar-refractivity contribution is 5.78. The lowest BCUT2D eigenvalue weighted by Gasteiger charge is -2.26. The van der Waals surface area contributed by atoms with Gasteiger partial charge in [-0.1, -0.05) is 62.4 Å². The van der Waals surface area contributed by atoms with Crippen molar-refractivity contribution in [2.45, 2.75) is 32.4 Å². The number of nitro benzene ring substituents is 2. The topological polar surface area (TPSA) is 163 Å². The van der Waals surface area contributed by atoms with E-state index < -0.39 is 9.85 Å². The van der Waals surface area contributed by atoms with E-state index >= 15 is 0 Å². The van der Waals surface area contributed by atoms with Crippen LogP contribution in [0.1, 0.15) is 36.1 Å². The van der Waals surface area contributed by atoms with Crippen molar-refractivity contribution in [3.8, 4) is 11.5 Å². The van der Waals surface area contributed by atoms with Crippen LogP contribution in [0.25, 0.3) is 0 Å². The minimum atomic E-state index is -0.477. The van der Waals surface area contributed by atoms with Crippen LogP contribution < -0.4 is 20.1 Å². The first-order valence-corrected chi connectivity index (χ1v) is 14.0. The Labute approximate surface area is 259 Å². The highest BCUT2D eigenvalue weighted by Gasteiger charge is 2.23. The van der Waals surface area contributed by atoms with Crippen molar-refractivity contribution in [3.63, 3.8) is 0 Å². The third-order valence-electron chi connectivity index (χ3n) is 7.17. The van der Waals surface area contributed by atoms with Crippen LogP contribution >= 0.6 is 0 Å². The summed E-state index contributed by atoms with van der Waals surface area (Å²) in [4.78, 5) is 45.0. The lowest BCUT2D eigenvalue weighted by Crippen LogP contribution is -2.28. The number of nitrogens with zero attached hydrogens (tertiary/aromatic N) is 2. The maximum Gasteiger partial charge on any atom is 0.269 e. The lowest BCUT2D eigenvalue weighted by atomic mass is 9.78. The molecule has 0 unspecified atom stereocenters. The molecule has 0 aliphatic heterocycles. The minimum absolute atomic E-state index is 0.0106. The second-order valence-corrected chi connectivity index (χ2v) is 10.7. The first kappa shape index (κ1) is 32.1. The monoisotopic (exact) mass is 612 g/mol. The highest BCUT2D eigenvalue weighted by atomic mass is 16.6. The van der Waals surface area contributed by atoms with E-state index in [2.05, 4.69) is 24.5 Å². The summed E-state index contributed by atoms with van der Waals surface area (Å²) < 4.78 is 11.2. The molecule has 0 spiro atoms. The van der Waals surface area contributed by atoms with Crippen molar-refractivity contribution in [2.24, 2.45) is 0 Å². The molecule has 0 aromatic heterocycles. The Balaban J connectivity index is 1.22. The van der Waals surface area contributed by atoms with Gasteiger partial charge in [-0.15, -0.1) is 0 Å². The molecular weight excluding hydrogens is 580 g/mol. The molecular formula is C33H32N4O8. The van der Waals surface area contributed by atoms with Crippen molar-refractivity contribution in [3.05, 3.63) is 140 Å². The van der Waals surface area contributed by atoms with Crippen LogP contribution in [-0.2, 0) is 28.1 Å². The fourth-order valence-electron chi connectivity index (χ4n) is 4.37. The van der Waals surface area contributed by atoms with Crippen LogP contribution in [0.4, 0.5) is 11.4 Å². The van der Waals surface area contributed by atoms with Crippen LogP contribution in [0.2, 0.25) is 0 Å². The number of nitrogens with one attached hydrogen (secondary N) is 2. The van der Waals surface area contributed by atoms with E-state index in [4.69, 9.17) is 9.47 Å². The van der Waals surface area contributed by atoms with Gasteiger partial charge in [0.15, 0.2) is 13.2 Å². The van der Waals surface area contributed by atoms with Gasteiger partial charge in [0, 0.05) is 42.8 Å². The SMILES string of the molecule is CC(C)(c1ccc(OCC(=O)NCc2ccc([N+](=O)[O-])cc2)cc1)c1ccc(OCC(=O)NCc2ccc([N+](=O)[O-])cc2)cc1. The molecule has 12 heteroatoms. The van der Waals surface area contributed by atoms with Gasteiger partial charge in [0.05, 0.1) is 9.85 Å². The molecule has 4 aromatic rings. The van der Waals surface area contributed by atoms with E-state index in [1.807, 2.05) is 24.3 Å². The summed E-state index contributed by atoms with van der Waals surface area (Å²) in [6.07, 6.45) is 0. The Kier molecular flexibility index (Phi) is 10.4. The van der Waals surface area contributed by atoms with Gasteiger partial charge < -0.3 is 20.1 Å². The van der Waals surface area contributed by atoms with Gasteiger partial charge in [0.1, 0.15) is 11.5 Å². The standard InChI is InChI=1S/C33H32N4O8/c1-33(2,25-7-15-29(16-8-25)44-21-31(38)34-19-23-3-11-27(12-4-23)36(40)41)26-9-17-30(18-10-26)45-22-32(39)35-20-24-5-13-28(14-6-24)37(42)43/h3-18H,19-22H2,1-2H3,(H,34,38)(H,35,39). The molecule has 0 saturated heterocycles. The zero-order chi connectivity index (χ0) is 32.4. The van der Waals surface area contributed by atoms with Crippen molar-refractivity contribution in [2.75, 3.05) is 13.2 Å². The van der Waals surface area contributed by atoms with Gasteiger partial charge in [-0.25, -0.2) is 0 Å². The van der Waals surface area contributed by atoms with Crippen LogP contribution in [0.5, 0.6) is 11.5 Å². The molecule has 45 heavy (non-hydrogen) atoms. The smallest absolute Gasteiger partial charge is 0.269 e. The average molecular weight is 613 g/mol. The van der Waals surface area contributed by atoms with E-state index in [-0.39, 0.29) is 54.9 Å². The van der Waals surface area contributed by atoms with Gasteiger partial charge in [0.25, 0.3) is 23.2 Å². The number of hydrogen-bond donors (Lipinski definition) is 2. The summed E-state index contributed by atoms with van der Waals surface area (Å²) in [6.45, 7) is 4.27. The van der Waals surface area contributed by atoms with Crippen molar-refractivity contribution >= 4 is 23.2 Å². The predicted octanol–water partition coefficient (Wildman–Crippen LogP) is 5.22. The Bertz CT molecular complexity index is 1510. The number of ether oxygens (including phenoxy) is 2. The summed E-state index contributed by atoms with van der Waals surface area (Å²) in [5, 5.41) is 27.0. The molecule has 2 N–H and O–H groups in total. The van der Waals surface area contributed by atoms with Gasteiger partial charge in [-0.3, -0.25) is 29.8 Å². The van der Waals surface area contributed by atoms with Crippen LogP contribution in [0.15, 0.2) is 97.1 Å². The van der Waals surface area contributed by atoms with Crippen molar-refractivity contribution in [1.82, 2.24) is 10.6 Å². The van der Waals surface area contributed by atoms with Crippen LogP contribution in [-0.4, -0.2) is 34.9 Å². The Hall–Kier alpha value is -5.78. The Morgan fingerprint density at radius 3 is 1.24 bits per heavy atom. The summed E-state index contributed by atoms with van der Waals surface area (Å²) in [6, 6.07) is 26.9. The highest BCUT2D eigenvalue weighted by Crippen LogP contribution is 2.33. The maximum atomic E-state index is 12.2. The molecule has 0 fully saturated rings. The van der Waals surface area contributed by atoms with E-state index in [1.54, 1.807) is 48.5 Å². The zero-order valence-electron chi connectivity index (χ0n) is 24.7. The summed E-state index contributed by atoms with van der Waals surface area (Å²) in [5.74, 6) is 0.440. The quantitative estimate of drug-likeness (QED) is 0.145. The maximum absolute atomic E-state index is 12.2. The largest absolute Gasteiger partial charge is 0.484 e. The number of rotatable bonds is 14. The third kappa shape index (κ3) is 9.10. The fourth-order valence-corrected chi connectivity index (χ4v) is 4.37. The third-order valence-corrected chi connectivity index (χ3v) is 7.17. The van der Waals surface area contributed by atoms with Crippen molar-refractivity contribution < 1.29 is 28.9 Å². The van der Waals surface area contributed by atoms with Gasteiger partial charge in [0.2, 0.25) is 0 Å². The van der Waals surface area contributed by atoms with Crippen LogP contribution in [0.3, 0.4) is 0 Å². The second-order valence-electron chi connectivity index (χ2n) is 10.7. The van der Waals surface area contributed by atoms with Gasteiger partial charge in [-0.2, -0.15) is 0 Å². The molecule has 12 nitrogen and oxygen atoms in total. The van der Waals surface area contributed by atoms with E-state index in [1.165, 1.54) is 24.3 Å². The summed E-state index contributed by atoms with van der Waals surface area (Å²) in [7, 11) is 0. The van der Waals surface area contributed by atoms with Crippen LogP contribution in [0, 0.1) is 20.2 Å². The number of non-ortho nitro benzene ring substituents is 2. The Morgan fingerprint density at radius 1 is 0.600 bits per heavy atom. The van der Waals surface area contributed by atoms with Gasteiger partial charge in [-0.05, 0) is 46.5 Å². The normalized spacial score (nSPS) is 10.9. The summed E-state index contributed by atoms with van der Waals surface area (Å²) >= 11 is 0. The number of hydrogen-bond acceptors (Lipinski definition) is 8. The predicted molar refractivity (Wildman–Crippen MR) is 166 cm³/mol. The number of nitro groups is 2. The van der Waals surface area contributed by atoms with E-state index in [9.17, 15) is 29.8 Å². The fraction of sp³-hybridized carbons (Fsp3) is 0.212. The molecule has 4 rings (SSSR count). The molecule has 0 aliphatic rings. The van der Waals surface area contributed by atoms with Gasteiger partial charge >= 0.3 is 0 Å². The molecule has 0 aliphatic carbocycles. The minimum Gasteiger partial charge on any atom is -0.484 e. The van der Waals surface area contributed by atoms with E-state index in [0.29, 0.717) is 11.5 Å². The lowest BCUT2D eigenvalue weighted by molar-refractivity contribution is -0.385.